The van der Waals surface area contributed by atoms with E-state index in [0.717, 1.165) is 0 Å². The van der Waals surface area contributed by atoms with Crippen LogP contribution < -0.4 is 15.8 Å². The van der Waals surface area contributed by atoms with Crippen molar-refractivity contribution in [1.82, 2.24) is 0 Å². The molecule has 0 aliphatic rings. The summed E-state index contributed by atoms with van der Waals surface area (Å²) in [5.41, 5.74) is 7.04. The fourth-order valence-electron chi connectivity index (χ4n) is 1.77. The molecular weight excluding hydrogens is 314 g/mol. The number of nitrogens with two attached hydrogens (primary N) is 1. The second-order valence-electron chi connectivity index (χ2n) is 4.76. The summed E-state index contributed by atoms with van der Waals surface area (Å²) < 4.78 is 19.2. The van der Waals surface area contributed by atoms with Gasteiger partial charge in [0.15, 0.2) is 11.6 Å². The molecule has 0 spiro atoms. The number of benzene rings is 2. The monoisotopic (exact) mass is 328 g/mol. The zero-order valence-corrected chi connectivity index (χ0v) is 13.1. The Balaban J connectivity index is 2.40. The molecule has 3 N–H and O–H groups in total. The minimum atomic E-state index is -0.517. The van der Waals surface area contributed by atoms with Crippen LogP contribution >= 0.6 is 23.2 Å². The molecule has 0 radical (unpaired) electrons. The maximum atomic E-state index is 13.8. The summed E-state index contributed by atoms with van der Waals surface area (Å²) >= 11 is 12.2. The van der Waals surface area contributed by atoms with Crippen molar-refractivity contribution >= 4 is 40.3 Å². The van der Waals surface area contributed by atoms with E-state index in [-0.39, 0.29) is 17.5 Å². The quantitative estimate of drug-likeness (QED) is 0.754. The molecule has 6 heteroatoms. The van der Waals surface area contributed by atoms with Crippen molar-refractivity contribution in [2.24, 2.45) is 0 Å². The maximum Gasteiger partial charge on any atom is 0.167 e. The zero-order chi connectivity index (χ0) is 15.6. The zero-order valence-electron chi connectivity index (χ0n) is 11.6. The average molecular weight is 329 g/mol. The van der Waals surface area contributed by atoms with Crippen molar-refractivity contribution in [3.05, 3.63) is 46.2 Å². The van der Waals surface area contributed by atoms with Crippen LogP contribution in [-0.2, 0) is 0 Å². The molecular formula is C15H15Cl2FN2O. The van der Waals surface area contributed by atoms with E-state index in [9.17, 15) is 4.39 Å². The highest BCUT2D eigenvalue weighted by molar-refractivity contribution is 6.39. The Labute approximate surface area is 132 Å². The lowest BCUT2D eigenvalue weighted by Gasteiger charge is -2.16. The van der Waals surface area contributed by atoms with Crippen LogP contribution in [0.15, 0.2) is 30.3 Å². The number of nitrogens with one attached hydrogen (secondary N) is 1. The largest absolute Gasteiger partial charge is 0.488 e. The van der Waals surface area contributed by atoms with E-state index in [1.165, 1.54) is 12.1 Å². The summed E-state index contributed by atoms with van der Waals surface area (Å²) in [6.45, 7) is 3.63. The first-order valence-electron chi connectivity index (χ1n) is 6.35. The standard InChI is InChI=1S/C15H15Cl2FN2O/c1-8(2)21-14-7-13(12(19)6-11(14)18)20-15-9(16)4-3-5-10(15)17/h3-8,20H,19H2,1-2H3. The van der Waals surface area contributed by atoms with Gasteiger partial charge in [0, 0.05) is 12.1 Å². The van der Waals surface area contributed by atoms with E-state index in [4.69, 9.17) is 33.7 Å². The molecule has 0 aliphatic carbocycles. The third-order valence-corrected chi connectivity index (χ3v) is 3.32. The topological polar surface area (TPSA) is 47.3 Å². The van der Waals surface area contributed by atoms with Gasteiger partial charge in [-0.15, -0.1) is 0 Å². The van der Waals surface area contributed by atoms with Crippen LogP contribution in [0.2, 0.25) is 10.0 Å². The fourth-order valence-corrected chi connectivity index (χ4v) is 2.27. The molecule has 0 heterocycles. The van der Waals surface area contributed by atoms with E-state index in [0.29, 0.717) is 21.4 Å². The predicted molar refractivity (Wildman–Crippen MR) is 86.3 cm³/mol. The Morgan fingerprint density at radius 3 is 2.38 bits per heavy atom. The van der Waals surface area contributed by atoms with Gasteiger partial charge in [-0.05, 0) is 26.0 Å². The van der Waals surface area contributed by atoms with Crippen LogP contribution in [0, 0.1) is 5.82 Å². The van der Waals surface area contributed by atoms with Crippen molar-refractivity contribution in [2.75, 3.05) is 11.1 Å². The van der Waals surface area contributed by atoms with Crippen molar-refractivity contribution < 1.29 is 9.13 Å². The maximum absolute atomic E-state index is 13.8. The van der Waals surface area contributed by atoms with Gasteiger partial charge in [0.1, 0.15) is 0 Å². The van der Waals surface area contributed by atoms with Gasteiger partial charge in [-0.3, -0.25) is 0 Å². The molecule has 3 nitrogen and oxygen atoms in total. The molecule has 0 fully saturated rings. The fraction of sp³-hybridized carbons (Fsp3) is 0.200. The van der Waals surface area contributed by atoms with Gasteiger partial charge in [0.25, 0.3) is 0 Å². The van der Waals surface area contributed by atoms with Gasteiger partial charge in [0.2, 0.25) is 0 Å². The summed E-state index contributed by atoms with van der Waals surface area (Å²) in [7, 11) is 0. The van der Waals surface area contributed by atoms with Gasteiger partial charge in [-0.25, -0.2) is 4.39 Å². The first-order valence-corrected chi connectivity index (χ1v) is 7.10. The smallest absolute Gasteiger partial charge is 0.167 e. The molecule has 0 bridgehead atoms. The molecule has 0 unspecified atom stereocenters. The molecule has 0 atom stereocenters. The van der Waals surface area contributed by atoms with Crippen LogP contribution in [0.3, 0.4) is 0 Å². The number of halogens is 3. The Morgan fingerprint density at radius 1 is 1.19 bits per heavy atom. The normalized spacial score (nSPS) is 10.8. The number of nitrogen functional groups attached to an aromatic ring is 1. The van der Waals surface area contributed by atoms with Gasteiger partial charge in [-0.1, -0.05) is 29.3 Å². The highest BCUT2D eigenvalue weighted by atomic mass is 35.5. The van der Waals surface area contributed by atoms with Gasteiger partial charge >= 0.3 is 0 Å². The minimum Gasteiger partial charge on any atom is -0.488 e. The second kappa shape index (κ2) is 6.41. The van der Waals surface area contributed by atoms with E-state index >= 15 is 0 Å². The van der Waals surface area contributed by atoms with Crippen LogP contribution in [0.5, 0.6) is 5.75 Å². The molecule has 0 aliphatic heterocycles. The minimum absolute atomic E-state index is 0.116. The first-order chi connectivity index (χ1) is 9.88. The number of hydrogen-bond acceptors (Lipinski definition) is 3. The van der Waals surface area contributed by atoms with E-state index in [1.807, 2.05) is 13.8 Å². The molecule has 0 amide bonds. The lowest BCUT2D eigenvalue weighted by Crippen LogP contribution is -2.08. The third kappa shape index (κ3) is 3.71. The molecule has 2 aromatic carbocycles. The Hall–Kier alpha value is -1.65. The van der Waals surface area contributed by atoms with Crippen LogP contribution in [0.4, 0.5) is 21.5 Å². The predicted octanol–water partition coefficient (Wildman–Crippen LogP) is 5.25. The Morgan fingerprint density at radius 2 is 1.81 bits per heavy atom. The molecule has 0 saturated carbocycles. The second-order valence-corrected chi connectivity index (χ2v) is 5.57. The molecule has 21 heavy (non-hydrogen) atoms. The lowest BCUT2D eigenvalue weighted by atomic mass is 10.2. The van der Waals surface area contributed by atoms with Crippen LogP contribution in [0.1, 0.15) is 13.8 Å². The molecule has 112 valence electrons. The molecule has 2 aromatic rings. The Bertz CT molecular complexity index is 642. The molecule has 0 aromatic heterocycles. The van der Waals surface area contributed by atoms with E-state index in [2.05, 4.69) is 5.32 Å². The van der Waals surface area contributed by atoms with Crippen LogP contribution in [-0.4, -0.2) is 6.10 Å². The van der Waals surface area contributed by atoms with E-state index in [1.54, 1.807) is 18.2 Å². The summed E-state index contributed by atoms with van der Waals surface area (Å²) in [6.07, 6.45) is -0.153. The van der Waals surface area contributed by atoms with Crippen molar-refractivity contribution in [3.8, 4) is 5.75 Å². The molecule has 2 rings (SSSR count). The van der Waals surface area contributed by atoms with Gasteiger partial charge < -0.3 is 15.8 Å². The lowest BCUT2D eigenvalue weighted by molar-refractivity contribution is 0.231. The van der Waals surface area contributed by atoms with Gasteiger partial charge in [0.05, 0.1) is 33.2 Å². The van der Waals surface area contributed by atoms with E-state index < -0.39 is 5.82 Å². The third-order valence-electron chi connectivity index (χ3n) is 2.69. The highest BCUT2D eigenvalue weighted by Gasteiger charge is 2.13. The summed E-state index contributed by atoms with van der Waals surface area (Å²) in [4.78, 5) is 0. The van der Waals surface area contributed by atoms with Crippen molar-refractivity contribution in [1.29, 1.82) is 0 Å². The Kier molecular flexibility index (Phi) is 4.80. The summed E-state index contributed by atoms with van der Waals surface area (Å²) in [5, 5.41) is 3.90. The number of rotatable bonds is 4. The van der Waals surface area contributed by atoms with Crippen LogP contribution in [0.25, 0.3) is 0 Å². The average Bonchev–Trinajstić information content (AvgIpc) is 2.38. The molecule has 0 saturated heterocycles. The summed E-state index contributed by atoms with van der Waals surface area (Å²) in [6, 6.07) is 7.81. The number of anilines is 3. The summed E-state index contributed by atoms with van der Waals surface area (Å²) in [5.74, 6) is -0.401. The number of hydrogen-bond donors (Lipinski definition) is 2. The number of ether oxygens (including phenoxy) is 1. The van der Waals surface area contributed by atoms with Crippen molar-refractivity contribution in [2.45, 2.75) is 20.0 Å². The van der Waals surface area contributed by atoms with Gasteiger partial charge in [-0.2, -0.15) is 0 Å². The first kappa shape index (κ1) is 15.7. The van der Waals surface area contributed by atoms with Crippen molar-refractivity contribution in [3.63, 3.8) is 0 Å². The highest BCUT2D eigenvalue weighted by Crippen LogP contribution is 2.36. The number of para-hydroxylation sites is 1. The SMILES string of the molecule is CC(C)Oc1cc(Nc2c(Cl)cccc2Cl)c(N)cc1F.